The van der Waals surface area contributed by atoms with Crippen LogP contribution < -0.4 is 0 Å². The monoisotopic (exact) mass is 548 g/mol. The van der Waals surface area contributed by atoms with Gasteiger partial charge in [0, 0.05) is 29.1 Å². The van der Waals surface area contributed by atoms with Gasteiger partial charge in [0.2, 0.25) is 5.78 Å². The summed E-state index contributed by atoms with van der Waals surface area (Å²) in [5.41, 5.74) is -5.55. The molecule has 39 heavy (non-hydrogen) atoms. The van der Waals surface area contributed by atoms with Crippen LogP contribution in [0, 0.1) is 28.6 Å². The first-order valence-corrected chi connectivity index (χ1v) is 14.2. The summed E-state index contributed by atoms with van der Waals surface area (Å²) in [5.74, 6) is -2.98. The van der Waals surface area contributed by atoms with Crippen molar-refractivity contribution in [2.24, 2.45) is 28.6 Å². The number of rotatable bonds is 8. The van der Waals surface area contributed by atoms with Crippen LogP contribution in [-0.4, -0.2) is 59.4 Å². The fourth-order valence-corrected chi connectivity index (χ4v) is 8.27. The predicted octanol–water partition coefficient (Wildman–Crippen LogP) is 4.82. The zero-order valence-corrected chi connectivity index (χ0v) is 23.6. The van der Waals surface area contributed by atoms with Crippen LogP contribution in [0.25, 0.3) is 0 Å². The highest BCUT2D eigenvalue weighted by atomic mass is 19.1. The van der Waals surface area contributed by atoms with Gasteiger partial charge in [0.25, 0.3) is 0 Å². The van der Waals surface area contributed by atoms with Gasteiger partial charge in [-0.05, 0) is 63.5 Å². The zero-order valence-electron chi connectivity index (χ0n) is 23.6. The lowest BCUT2D eigenvalue weighted by atomic mass is 9.44. The van der Waals surface area contributed by atoms with Crippen molar-refractivity contribution in [2.75, 3.05) is 13.2 Å². The number of carbonyl (C=O) groups excluding carboxylic acids is 4. The Balaban J connectivity index is 1.76. The van der Waals surface area contributed by atoms with Gasteiger partial charge in [0.05, 0.1) is 12.7 Å². The van der Waals surface area contributed by atoms with Crippen molar-refractivity contribution in [2.45, 2.75) is 96.9 Å². The van der Waals surface area contributed by atoms with Crippen molar-refractivity contribution < 1.29 is 42.9 Å². The number of Topliss-reactive ketones (excluding diaryl/α,β-unsaturated/α-hetero) is 1. The third-order valence-corrected chi connectivity index (χ3v) is 10.1. The molecule has 0 amide bonds. The lowest BCUT2D eigenvalue weighted by Crippen LogP contribution is -2.70. The minimum absolute atomic E-state index is 0.0977. The van der Waals surface area contributed by atoms with E-state index in [1.54, 1.807) is 26.8 Å². The summed E-state index contributed by atoms with van der Waals surface area (Å²) in [4.78, 5) is 51.1. The van der Waals surface area contributed by atoms with Crippen LogP contribution in [0.3, 0.4) is 0 Å². The van der Waals surface area contributed by atoms with E-state index in [-0.39, 0.29) is 25.2 Å². The molecule has 0 aliphatic heterocycles. The summed E-state index contributed by atoms with van der Waals surface area (Å²) >= 11 is 0. The molecule has 4 aliphatic rings. The number of hydrogen-bond acceptors (Lipinski definition) is 8. The molecular weight excluding hydrogens is 507 g/mol. The van der Waals surface area contributed by atoms with Crippen molar-refractivity contribution in [1.29, 1.82) is 0 Å². The number of ether oxygens (including phenoxy) is 3. The smallest absolute Gasteiger partial charge is 0.457 e. The van der Waals surface area contributed by atoms with Crippen LogP contribution in [0.4, 0.5) is 9.18 Å². The predicted molar refractivity (Wildman–Crippen MR) is 139 cm³/mol. The number of esters is 1. The summed E-state index contributed by atoms with van der Waals surface area (Å²) in [5, 5.41) is 11.6. The molecular formula is C30H41FO8. The number of aliphatic hydroxyl groups is 1. The first-order valence-electron chi connectivity index (χ1n) is 14.2. The van der Waals surface area contributed by atoms with Gasteiger partial charge in [0.15, 0.2) is 23.7 Å². The Morgan fingerprint density at radius 3 is 2.51 bits per heavy atom. The lowest BCUT2D eigenvalue weighted by molar-refractivity contribution is -0.222. The number of halogens is 1. The fourth-order valence-electron chi connectivity index (χ4n) is 8.27. The Hall–Kier alpha value is -2.55. The third-order valence-electron chi connectivity index (χ3n) is 10.1. The molecule has 0 heterocycles. The molecule has 4 aliphatic carbocycles. The van der Waals surface area contributed by atoms with E-state index in [0.29, 0.717) is 37.7 Å². The van der Waals surface area contributed by atoms with Crippen LogP contribution in [0.5, 0.6) is 0 Å². The average molecular weight is 549 g/mol. The molecule has 0 unspecified atom stereocenters. The molecule has 0 radical (unpaired) electrons. The zero-order chi connectivity index (χ0) is 28.8. The second-order valence-electron chi connectivity index (χ2n) is 12.2. The first kappa shape index (κ1) is 29.4. The van der Waals surface area contributed by atoms with Crippen LogP contribution in [-0.2, 0) is 28.6 Å². The van der Waals surface area contributed by atoms with Crippen LogP contribution in [0.1, 0.15) is 79.6 Å². The van der Waals surface area contributed by atoms with Gasteiger partial charge in [-0.3, -0.25) is 14.4 Å². The van der Waals surface area contributed by atoms with Crippen LogP contribution >= 0.6 is 0 Å². The quantitative estimate of drug-likeness (QED) is 0.430. The summed E-state index contributed by atoms with van der Waals surface area (Å²) < 4.78 is 33.9. The van der Waals surface area contributed by atoms with Gasteiger partial charge in [0.1, 0.15) is 0 Å². The minimum Gasteiger partial charge on any atom is -0.457 e. The molecule has 8 nitrogen and oxygen atoms in total. The minimum atomic E-state index is -2.09. The van der Waals surface area contributed by atoms with Gasteiger partial charge in [-0.25, -0.2) is 9.18 Å². The summed E-state index contributed by atoms with van der Waals surface area (Å²) in [6, 6.07) is 0. The van der Waals surface area contributed by atoms with Crippen molar-refractivity contribution in [3.8, 4) is 0 Å². The molecule has 8 atom stereocenters. The molecule has 0 aromatic rings. The van der Waals surface area contributed by atoms with E-state index in [1.165, 1.54) is 12.2 Å². The van der Waals surface area contributed by atoms with E-state index in [0.717, 1.165) is 0 Å². The first-order chi connectivity index (χ1) is 18.3. The van der Waals surface area contributed by atoms with E-state index >= 15 is 4.39 Å². The second-order valence-corrected chi connectivity index (χ2v) is 12.2. The highest BCUT2D eigenvalue weighted by Crippen LogP contribution is 2.71. The number of alkyl halides is 1. The van der Waals surface area contributed by atoms with Crippen molar-refractivity contribution in [3.05, 3.63) is 23.8 Å². The van der Waals surface area contributed by atoms with Crippen LogP contribution in [0.15, 0.2) is 23.8 Å². The van der Waals surface area contributed by atoms with Crippen molar-refractivity contribution >= 4 is 23.7 Å². The van der Waals surface area contributed by atoms with E-state index < -0.39 is 70.5 Å². The Kier molecular flexibility index (Phi) is 7.89. The van der Waals surface area contributed by atoms with Gasteiger partial charge in [-0.2, -0.15) is 0 Å². The Labute approximate surface area is 229 Å². The summed E-state index contributed by atoms with van der Waals surface area (Å²) in [6.07, 6.45) is 4.19. The molecule has 0 spiro atoms. The molecule has 9 heteroatoms. The lowest BCUT2D eigenvalue weighted by Gasteiger charge is -2.62. The molecule has 3 saturated carbocycles. The normalized spacial score (nSPS) is 40.6. The molecule has 3 fully saturated rings. The maximum absolute atomic E-state index is 17.5. The number of ketones is 2. The maximum Gasteiger partial charge on any atom is 0.509 e. The number of hydrogen-bond donors (Lipinski definition) is 1. The van der Waals surface area contributed by atoms with E-state index in [2.05, 4.69) is 0 Å². The molecule has 4 rings (SSSR count). The highest BCUT2D eigenvalue weighted by Gasteiger charge is 2.77. The van der Waals surface area contributed by atoms with Crippen molar-refractivity contribution in [1.82, 2.24) is 0 Å². The molecule has 0 aromatic heterocycles. The van der Waals surface area contributed by atoms with Gasteiger partial charge >= 0.3 is 12.1 Å². The molecule has 0 saturated heterocycles. The summed E-state index contributed by atoms with van der Waals surface area (Å²) in [6.45, 7) is 8.43. The highest BCUT2D eigenvalue weighted by molar-refractivity contribution is 6.01. The average Bonchev–Trinajstić information content (AvgIpc) is 3.09. The van der Waals surface area contributed by atoms with Crippen molar-refractivity contribution in [3.63, 3.8) is 0 Å². The topological polar surface area (TPSA) is 116 Å². The fraction of sp³-hybridized carbons (Fsp3) is 0.733. The molecule has 1 N–H and O–H groups in total. The molecule has 0 aromatic carbocycles. The Morgan fingerprint density at radius 2 is 1.85 bits per heavy atom. The number of aliphatic hydroxyl groups excluding tert-OH is 1. The van der Waals surface area contributed by atoms with Crippen LogP contribution in [0.2, 0.25) is 0 Å². The second kappa shape index (κ2) is 10.5. The number of fused-ring (bicyclic) bond motifs is 5. The Morgan fingerprint density at radius 1 is 1.13 bits per heavy atom. The van der Waals surface area contributed by atoms with Gasteiger partial charge in [-0.1, -0.05) is 39.3 Å². The Bertz CT molecular complexity index is 1100. The number of allylic oxidation sites excluding steroid dienone is 4. The maximum atomic E-state index is 17.5. The molecule has 0 bridgehead atoms. The largest absolute Gasteiger partial charge is 0.509 e. The number of carbonyl (C=O) groups is 4. The van der Waals surface area contributed by atoms with E-state index in [4.69, 9.17) is 14.2 Å². The van der Waals surface area contributed by atoms with Gasteiger partial charge < -0.3 is 19.3 Å². The standard InChI is InChI=1S/C30H41FO8/c1-6-8-25(35)38-17-24(34)30(39-26(36)37-13-7-2)18(3)14-22-21-10-9-19-15-20(32)11-12-27(19,4)29(21,31)23(33)16-28(22,30)5/h11-12,15,18,21-23,33H,6-10,13-14,16-17H2,1-5H3/t18-,21+,22+,23+,27+,28+,29+,30+/m1/s1. The van der Waals surface area contributed by atoms with Gasteiger partial charge in [-0.15, -0.1) is 0 Å². The summed E-state index contributed by atoms with van der Waals surface area (Å²) in [7, 11) is 0. The molecule has 216 valence electrons. The SMILES string of the molecule is CCCOC(=O)O[C@]1(C(=O)COC(=O)CCC)[C@H](C)C[C@H]2[C@@H]3CCC4=CC(=O)C=C[C@]4(C)[C@@]3(F)[C@@H](O)C[C@@]21C. The van der Waals surface area contributed by atoms with E-state index in [9.17, 15) is 24.3 Å². The third kappa shape index (κ3) is 4.26. The van der Waals surface area contributed by atoms with E-state index in [1.807, 2.05) is 13.8 Å².